The first-order valence-corrected chi connectivity index (χ1v) is 7.60. The summed E-state index contributed by atoms with van der Waals surface area (Å²) in [7, 11) is 0. The average molecular weight is 295 g/mol. The zero-order chi connectivity index (χ0) is 13.8. The lowest BCUT2D eigenvalue weighted by Crippen LogP contribution is -2.07. The molecule has 0 atom stereocenters. The molecule has 100 valence electrons. The number of aliphatic hydroxyl groups excluding tert-OH is 1. The second-order valence-electron chi connectivity index (χ2n) is 3.93. The maximum absolute atomic E-state index is 10.4. The Bertz CT molecular complexity index is 708. The largest absolute Gasteiger partial charge is 0.511 e. The Labute approximate surface area is 118 Å². The zero-order valence-corrected chi connectivity index (χ0v) is 11.8. The third kappa shape index (κ3) is 3.71. The van der Waals surface area contributed by atoms with Gasteiger partial charge in [0.25, 0.3) is 0 Å². The van der Waals surface area contributed by atoms with Crippen molar-refractivity contribution in [1.29, 1.82) is 0 Å². The highest BCUT2D eigenvalue weighted by atomic mass is 32.2. The van der Waals surface area contributed by atoms with Crippen molar-refractivity contribution < 1.29 is 15.0 Å². The number of carboxylic acid groups (broad SMARTS) is 1. The minimum atomic E-state index is -0.818. The number of aromatic nitrogens is 1. The van der Waals surface area contributed by atoms with Crippen molar-refractivity contribution in [3.05, 3.63) is 28.1 Å². The minimum Gasteiger partial charge on any atom is -0.511 e. The third-order valence-corrected chi connectivity index (χ3v) is 4.31. The van der Waals surface area contributed by atoms with E-state index in [-0.39, 0.29) is 12.2 Å². The van der Waals surface area contributed by atoms with E-state index in [2.05, 4.69) is 11.6 Å². The van der Waals surface area contributed by atoms with Crippen LogP contribution in [0.15, 0.2) is 18.2 Å². The highest BCUT2D eigenvalue weighted by molar-refractivity contribution is 7.99. The second-order valence-corrected chi connectivity index (χ2v) is 6.15. The summed E-state index contributed by atoms with van der Waals surface area (Å²) in [5.74, 6) is 0.345. The molecule has 19 heavy (non-hydrogen) atoms. The molecule has 0 aliphatic heterocycles. The Balaban J connectivity index is 2.13. The topological polar surface area (TPSA) is 70.4 Å². The van der Waals surface area contributed by atoms with Crippen LogP contribution in [0.5, 0.6) is 0 Å². The van der Waals surface area contributed by atoms with E-state index in [1.54, 1.807) is 0 Å². The van der Waals surface area contributed by atoms with E-state index in [1.807, 2.05) is 18.2 Å². The van der Waals surface area contributed by atoms with Gasteiger partial charge in [-0.1, -0.05) is 6.58 Å². The first-order valence-electron chi connectivity index (χ1n) is 5.63. The Morgan fingerprint density at radius 2 is 2.21 bits per heavy atom. The number of benzene rings is 1. The summed E-state index contributed by atoms with van der Waals surface area (Å²) in [6, 6.07) is 5.55. The first-order chi connectivity index (χ1) is 9.06. The molecule has 6 heteroatoms. The molecule has 2 rings (SSSR count). The Kier molecular flexibility index (Phi) is 4.44. The van der Waals surface area contributed by atoms with Gasteiger partial charge in [0.15, 0.2) is 0 Å². The molecule has 0 amide bonds. The number of thioether (sulfide) groups is 1. The molecule has 0 aliphatic rings. The molecule has 0 radical (unpaired) electrons. The first kappa shape index (κ1) is 13.9. The summed E-state index contributed by atoms with van der Waals surface area (Å²) in [5, 5.41) is 19.2. The van der Waals surface area contributed by atoms with E-state index in [0.29, 0.717) is 11.5 Å². The summed E-state index contributed by atoms with van der Waals surface area (Å²) >= 11 is 2.89. The number of nitrogens with zero attached hydrogens (tertiary/aromatic N) is 1. The predicted octanol–water partition coefficient (Wildman–Crippen LogP) is 1.58. The second kappa shape index (κ2) is 6.08. The van der Waals surface area contributed by atoms with Gasteiger partial charge < -0.3 is 10.2 Å². The van der Waals surface area contributed by atoms with Crippen LogP contribution in [-0.2, 0) is 4.79 Å². The van der Waals surface area contributed by atoms with E-state index >= 15 is 0 Å². The van der Waals surface area contributed by atoms with Crippen molar-refractivity contribution in [3.63, 3.8) is 0 Å². The number of fused-ring (bicyclic) bond motifs is 1. The lowest BCUT2D eigenvalue weighted by molar-refractivity contribution is -0.136. The molecule has 1 aromatic heterocycles. The van der Waals surface area contributed by atoms with Crippen molar-refractivity contribution in [1.82, 2.24) is 4.98 Å². The molecule has 0 bridgehead atoms. The van der Waals surface area contributed by atoms with Crippen LogP contribution in [0, 0.1) is 0 Å². The van der Waals surface area contributed by atoms with Crippen LogP contribution in [0.25, 0.3) is 22.6 Å². The molecule has 0 saturated carbocycles. The maximum Gasteiger partial charge on any atom is 0.304 e. The average Bonchev–Trinajstić information content (AvgIpc) is 2.73. The molecular formula is C13H13NO3S2. The van der Waals surface area contributed by atoms with Crippen molar-refractivity contribution in [2.45, 2.75) is 6.42 Å². The van der Waals surface area contributed by atoms with Crippen LogP contribution in [-0.4, -0.2) is 32.7 Å². The molecule has 1 heterocycles. The number of aliphatic carboxylic acids is 1. The van der Waals surface area contributed by atoms with E-state index in [9.17, 15) is 9.90 Å². The van der Waals surface area contributed by atoms with Crippen molar-refractivity contribution >= 4 is 51.6 Å². The smallest absolute Gasteiger partial charge is 0.304 e. The number of thiazole rings is 1. The van der Waals surface area contributed by atoms with Crippen LogP contribution >= 0.6 is 23.1 Å². The molecule has 0 saturated heterocycles. The zero-order valence-electron chi connectivity index (χ0n) is 10.1. The normalized spacial score (nSPS) is 12.6. The summed E-state index contributed by atoms with van der Waals surface area (Å²) in [5.41, 5.74) is 0.880. The van der Waals surface area contributed by atoms with E-state index in [0.717, 1.165) is 20.1 Å². The third-order valence-electron chi connectivity index (χ3n) is 2.46. The molecule has 2 aromatic rings. The highest BCUT2D eigenvalue weighted by Gasteiger charge is 2.02. The maximum atomic E-state index is 10.4. The van der Waals surface area contributed by atoms with Gasteiger partial charge in [0, 0.05) is 11.0 Å². The summed E-state index contributed by atoms with van der Waals surface area (Å²) in [6.45, 7) is 3.79. The molecule has 0 aliphatic carbocycles. The number of hydrogen-bond donors (Lipinski definition) is 2. The van der Waals surface area contributed by atoms with Crippen LogP contribution in [0.4, 0.5) is 0 Å². The van der Waals surface area contributed by atoms with Crippen molar-refractivity contribution in [3.8, 4) is 0 Å². The number of aliphatic hydroxyl groups is 1. The molecule has 4 nitrogen and oxygen atoms in total. The van der Waals surface area contributed by atoms with Gasteiger partial charge in [-0.15, -0.1) is 11.3 Å². The van der Waals surface area contributed by atoms with Gasteiger partial charge in [-0.05, 0) is 18.2 Å². The number of carboxylic acids is 1. The van der Waals surface area contributed by atoms with Crippen LogP contribution < -0.4 is 9.88 Å². The Hall–Kier alpha value is -1.53. The SMILES string of the molecule is C=c1nc2cc/c(=C(/O)CSCCC(=O)O)cc2s1. The highest BCUT2D eigenvalue weighted by Crippen LogP contribution is 2.12. The van der Waals surface area contributed by atoms with Crippen LogP contribution in [0.3, 0.4) is 0 Å². The minimum absolute atomic E-state index is 0.108. The van der Waals surface area contributed by atoms with Gasteiger partial charge in [0.1, 0.15) is 10.4 Å². The molecule has 0 unspecified atom stereocenters. The van der Waals surface area contributed by atoms with Gasteiger partial charge >= 0.3 is 5.97 Å². The van der Waals surface area contributed by atoms with E-state index in [4.69, 9.17) is 5.11 Å². The van der Waals surface area contributed by atoms with Crippen molar-refractivity contribution in [2.24, 2.45) is 0 Å². The molecule has 1 aromatic carbocycles. The fourth-order valence-corrected chi connectivity index (χ4v) is 3.19. The van der Waals surface area contributed by atoms with Gasteiger partial charge in [-0.25, -0.2) is 4.98 Å². The number of hydrogen-bond acceptors (Lipinski definition) is 5. The van der Waals surface area contributed by atoms with Gasteiger partial charge in [-0.3, -0.25) is 4.79 Å². The molecular weight excluding hydrogens is 282 g/mol. The molecule has 0 spiro atoms. The quantitative estimate of drug-likeness (QED) is 0.820. The standard InChI is InChI=1S/C13H13NO3S2/c1-8-14-10-3-2-9(6-12(10)19-8)11(15)7-18-5-4-13(16)17/h2-3,6,15H,1,4-5,7H2,(H,16,17)/b11-9-. The van der Waals surface area contributed by atoms with E-state index in [1.165, 1.54) is 23.1 Å². The van der Waals surface area contributed by atoms with Crippen LogP contribution in [0.2, 0.25) is 0 Å². The van der Waals surface area contributed by atoms with Crippen LogP contribution in [0.1, 0.15) is 6.42 Å². The fraction of sp³-hybridized carbons (Fsp3) is 0.231. The van der Waals surface area contributed by atoms with Gasteiger partial charge in [-0.2, -0.15) is 11.8 Å². The number of rotatable bonds is 5. The summed E-state index contributed by atoms with van der Waals surface area (Å²) < 4.78 is 1.74. The lowest BCUT2D eigenvalue weighted by Gasteiger charge is -1.99. The summed E-state index contributed by atoms with van der Waals surface area (Å²) in [4.78, 5) is 14.6. The number of carbonyl (C=O) groups is 1. The molecule has 2 N–H and O–H groups in total. The fourth-order valence-electron chi connectivity index (χ4n) is 1.56. The monoisotopic (exact) mass is 295 g/mol. The lowest BCUT2D eigenvalue weighted by atomic mass is 10.2. The van der Waals surface area contributed by atoms with Gasteiger partial charge in [0.2, 0.25) is 0 Å². The Morgan fingerprint density at radius 3 is 2.95 bits per heavy atom. The van der Waals surface area contributed by atoms with E-state index < -0.39 is 5.97 Å². The van der Waals surface area contributed by atoms with Gasteiger partial charge in [0.05, 0.1) is 22.4 Å². The Morgan fingerprint density at radius 1 is 1.42 bits per heavy atom. The summed E-state index contributed by atoms with van der Waals surface area (Å²) in [6.07, 6.45) is 0.108. The molecule has 0 fully saturated rings. The predicted molar refractivity (Wildman–Crippen MR) is 80.0 cm³/mol. The van der Waals surface area contributed by atoms with Crippen molar-refractivity contribution in [2.75, 3.05) is 11.5 Å².